The summed E-state index contributed by atoms with van der Waals surface area (Å²) in [7, 11) is 0. The highest BCUT2D eigenvalue weighted by Gasteiger charge is 2.10. The van der Waals surface area contributed by atoms with Gasteiger partial charge in [-0.3, -0.25) is 4.98 Å². The van der Waals surface area contributed by atoms with Crippen molar-refractivity contribution in [2.45, 2.75) is 6.61 Å². The molecule has 0 saturated heterocycles. The SMILES string of the molecule is OCc1ccc(Oc2ccc(Cl)c3cccnc23)c(Cl)c1. The normalized spacial score (nSPS) is 10.8. The van der Waals surface area contributed by atoms with Crippen molar-refractivity contribution < 1.29 is 9.84 Å². The van der Waals surface area contributed by atoms with E-state index in [1.165, 1.54) is 0 Å². The van der Waals surface area contributed by atoms with Crippen molar-refractivity contribution in [3.8, 4) is 11.5 Å². The van der Waals surface area contributed by atoms with Crippen LogP contribution in [0.25, 0.3) is 10.9 Å². The molecule has 106 valence electrons. The van der Waals surface area contributed by atoms with Crippen LogP contribution in [0.1, 0.15) is 5.56 Å². The fourth-order valence-electron chi connectivity index (χ4n) is 2.04. The van der Waals surface area contributed by atoms with E-state index < -0.39 is 0 Å². The molecule has 1 heterocycles. The third-order valence-electron chi connectivity index (χ3n) is 3.08. The third kappa shape index (κ3) is 2.81. The van der Waals surface area contributed by atoms with Gasteiger partial charge in [0, 0.05) is 11.6 Å². The number of hydrogen-bond acceptors (Lipinski definition) is 3. The second-order valence-corrected chi connectivity index (χ2v) is 5.28. The summed E-state index contributed by atoms with van der Waals surface area (Å²) >= 11 is 12.3. The van der Waals surface area contributed by atoms with Gasteiger partial charge in [-0.25, -0.2) is 0 Å². The molecule has 2 aromatic carbocycles. The third-order valence-corrected chi connectivity index (χ3v) is 3.70. The maximum Gasteiger partial charge on any atom is 0.153 e. The molecule has 0 spiro atoms. The number of rotatable bonds is 3. The summed E-state index contributed by atoms with van der Waals surface area (Å²) in [4.78, 5) is 4.31. The smallest absolute Gasteiger partial charge is 0.153 e. The van der Waals surface area contributed by atoms with Crippen molar-refractivity contribution in [3.05, 3.63) is 64.3 Å². The Morgan fingerprint density at radius 1 is 1.00 bits per heavy atom. The number of ether oxygens (including phenoxy) is 1. The molecule has 0 aliphatic rings. The molecule has 0 saturated carbocycles. The molecule has 0 amide bonds. The van der Waals surface area contributed by atoms with Gasteiger partial charge in [-0.2, -0.15) is 0 Å². The molecule has 0 bridgehead atoms. The Balaban J connectivity index is 2.04. The van der Waals surface area contributed by atoms with Crippen molar-refractivity contribution in [1.29, 1.82) is 0 Å². The van der Waals surface area contributed by atoms with Crippen LogP contribution in [0.4, 0.5) is 0 Å². The van der Waals surface area contributed by atoms with E-state index >= 15 is 0 Å². The van der Waals surface area contributed by atoms with E-state index in [-0.39, 0.29) is 6.61 Å². The summed E-state index contributed by atoms with van der Waals surface area (Å²) in [5.41, 5.74) is 1.40. The molecule has 21 heavy (non-hydrogen) atoms. The van der Waals surface area contributed by atoms with Crippen LogP contribution in [-0.2, 0) is 6.61 Å². The highest BCUT2D eigenvalue weighted by atomic mass is 35.5. The fraction of sp³-hybridized carbons (Fsp3) is 0.0625. The molecule has 0 radical (unpaired) electrons. The van der Waals surface area contributed by atoms with Gasteiger partial charge in [-0.1, -0.05) is 29.3 Å². The van der Waals surface area contributed by atoms with Crippen LogP contribution < -0.4 is 4.74 Å². The average Bonchev–Trinajstić information content (AvgIpc) is 2.52. The van der Waals surface area contributed by atoms with Gasteiger partial charge < -0.3 is 9.84 Å². The number of aliphatic hydroxyl groups is 1. The van der Waals surface area contributed by atoms with E-state index in [4.69, 9.17) is 33.0 Å². The number of fused-ring (bicyclic) bond motifs is 1. The summed E-state index contributed by atoms with van der Waals surface area (Å²) in [6.45, 7) is -0.0641. The molecule has 3 aromatic rings. The first-order valence-electron chi connectivity index (χ1n) is 6.29. The minimum Gasteiger partial charge on any atom is -0.454 e. The Labute approximate surface area is 131 Å². The Hall–Kier alpha value is -1.81. The topological polar surface area (TPSA) is 42.4 Å². The van der Waals surface area contributed by atoms with E-state index in [2.05, 4.69) is 4.98 Å². The molecule has 0 fully saturated rings. The van der Waals surface area contributed by atoms with Gasteiger partial charge in [0.1, 0.15) is 11.3 Å². The van der Waals surface area contributed by atoms with Gasteiger partial charge in [0.25, 0.3) is 0 Å². The number of benzene rings is 2. The lowest BCUT2D eigenvalue weighted by Gasteiger charge is -2.11. The molecule has 0 atom stereocenters. The monoisotopic (exact) mass is 319 g/mol. The number of pyridine rings is 1. The summed E-state index contributed by atoms with van der Waals surface area (Å²) in [5, 5.41) is 11.0. The first-order chi connectivity index (χ1) is 10.2. The van der Waals surface area contributed by atoms with E-state index in [0.717, 1.165) is 10.9 Å². The van der Waals surface area contributed by atoms with Gasteiger partial charge in [-0.05, 0) is 42.0 Å². The van der Waals surface area contributed by atoms with Crippen LogP contribution in [0, 0.1) is 0 Å². The Bertz CT molecular complexity index is 805. The van der Waals surface area contributed by atoms with Gasteiger partial charge in [0.15, 0.2) is 5.75 Å². The molecular weight excluding hydrogens is 309 g/mol. The van der Waals surface area contributed by atoms with Crippen molar-refractivity contribution in [3.63, 3.8) is 0 Å². The first-order valence-corrected chi connectivity index (χ1v) is 7.05. The lowest BCUT2D eigenvalue weighted by Crippen LogP contribution is -1.91. The number of halogens is 2. The summed E-state index contributed by atoms with van der Waals surface area (Å²) < 4.78 is 5.84. The standard InChI is InChI=1S/C16H11Cl2NO2/c17-12-4-6-15(16-11(12)2-1-7-19-16)21-14-5-3-10(9-20)8-13(14)18/h1-8,20H,9H2. The maximum atomic E-state index is 9.09. The van der Waals surface area contributed by atoms with Crippen molar-refractivity contribution >= 4 is 34.1 Å². The molecule has 0 aliphatic carbocycles. The van der Waals surface area contributed by atoms with Crippen molar-refractivity contribution in [2.75, 3.05) is 0 Å². The second kappa shape index (κ2) is 5.90. The zero-order chi connectivity index (χ0) is 14.8. The Kier molecular flexibility index (Phi) is 3.97. The predicted molar refractivity (Wildman–Crippen MR) is 84.2 cm³/mol. The quantitative estimate of drug-likeness (QED) is 0.752. The fourth-order valence-corrected chi connectivity index (χ4v) is 2.50. The minimum atomic E-state index is -0.0641. The molecule has 3 rings (SSSR count). The van der Waals surface area contributed by atoms with E-state index in [9.17, 15) is 0 Å². The summed E-state index contributed by atoms with van der Waals surface area (Å²) in [6, 6.07) is 12.4. The highest BCUT2D eigenvalue weighted by molar-refractivity contribution is 6.35. The maximum absolute atomic E-state index is 9.09. The molecule has 3 nitrogen and oxygen atoms in total. The van der Waals surface area contributed by atoms with Crippen LogP contribution >= 0.6 is 23.2 Å². The van der Waals surface area contributed by atoms with E-state index in [0.29, 0.717) is 27.1 Å². The number of nitrogens with zero attached hydrogens (tertiary/aromatic N) is 1. The van der Waals surface area contributed by atoms with Crippen molar-refractivity contribution in [2.24, 2.45) is 0 Å². The van der Waals surface area contributed by atoms with Crippen molar-refractivity contribution in [1.82, 2.24) is 4.98 Å². The number of aromatic nitrogens is 1. The highest BCUT2D eigenvalue weighted by Crippen LogP contribution is 2.35. The minimum absolute atomic E-state index is 0.0641. The predicted octanol–water partition coefficient (Wildman–Crippen LogP) is 4.83. The molecule has 1 N–H and O–H groups in total. The Morgan fingerprint density at radius 2 is 1.81 bits per heavy atom. The van der Waals surface area contributed by atoms with Crippen LogP contribution in [0.5, 0.6) is 11.5 Å². The van der Waals surface area contributed by atoms with Crippen LogP contribution in [0.15, 0.2) is 48.7 Å². The lowest BCUT2D eigenvalue weighted by molar-refractivity contribution is 0.281. The average molecular weight is 320 g/mol. The van der Waals surface area contributed by atoms with Gasteiger partial charge in [0.2, 0.25) is 0 Å². The van der Waals surface area contributed by atoms with E-state index in [1.54, 1.807) is 36.5 Å². The molecule has 0 aliphatic heterocycles. The lowest BCUT2D eigenvalue weighted by atomic mass is 10.2. The van der Waals surface area contributed by atoms with E-state index in [1.807, 2.05) is 12.1 Å². The van der Waals surface area contributed by atoms with Gasteiger partial charge >= 0.3 is 0 Å². The zero-order valence-corrected chi connectivity index (χ0v) is 12.4. The summed E-state index contributed by atoms with van der Waals surface area (Å²) in [6.07, 6.45) is 1.68. The molecular formula is C16H11Cl2NO2. The molecule has 1 aromatic heterocycles. The largest absolute Gasteiger partial charge is 0.454 e. The zero-order valence-electron chi connectivity index (χ0n) is 10.9. The van der Waals surface area contributed by atoms with Crippen LogP contribution in [-0.4, -0.2) is 10.1 Å². The second-order valence-electron chi connectivity index (χ2n) is 4.47. The molecule has 5 heteroatoms. The van der Waals surface area contributed by atoms with Gasteiger partial charge in [0.05, 0.1) is 16.7 Å². The van der Waals surface area contributed by atoms with Crippen LogP contribution in [0.3, 0.4) is 0 Å². The Morgan fingerprint density at radius 3 is 2.57 bits per heavy atom. The first kappa shape index (κ1) is 14.1. The summed E-state index contributed by atoms with van der Waals surface area (Å²) in [5.74, 6) is 1.08. The van der Waals surface area contributed by atoms with Gasteiger partial charge in [-0.15, -0.1) is 0 Å². The number of hydrogen-bond donors (Lipinski definition) is 1. The number of aliphatic hydroxyl groups excluding tert-OH is 1. The molecule has 0 unspecified atom stereocenters. The van der Waals surface area contributed by atoms with Crippen LogP contribution in [0.2, 0.25) is 10.0 Å².